The first kappa shape index (κ1) is 39.3. The molecule has 0 radical (unpaired) electrons. The van der Waals surface area contributed by atoms with Crippen LogP contribution in [0.2, 0.25) is 0 Å². The molecule has 4 aromatic heterocycles. The predicted molar refractivity (Wildman–Crippen MR) is 161 cm³/mol. The largest absolute Gasteiger partial charge is 0.464 e. The number of pyridine rings is 2. The summed E-state index contributed by atoms with van der Waals surface area (Å²) in [5.41, 5.74) is 4.15. The van der Waals surface area contributed by atoms with Crippen LogP contribution in [0.15, 0.2) is 36.7 Å². The van der Waals surface area contributed by atoms with E-state index in [2.05, 4.69) is 90.4 Å². The van der Waals surface area contributed by atoms with Crippen LogP contribution in [0.4, 0.5) is 0 Å². The second-order valence-electron chi connectivity index (χ2n) is 10.5. The van der Waals surface area contributed by atoms with E-state index in [1.807, 2.05) is 33.8 Å². The van der Waals surface area contributed by atoms with Crippen LogP contribution >= 0.6 is 22.6 Å². The highest BCUT2D eigenvalue weighted by Crippen LogP contribution is 2.23. The number of ether oxygens (including phenoxy) is 1. The molecular weight excluding hydrogens is 643 g/mol. The van der Waals surface area contributed by atoms with E-state index in [9.17, 15) is 4.79 Å². The Morgan fingerprint density at radius 3 is 1.61 bits per heavy atom. The molecule has 0 atom stereocenters. The van der Waals surface area contributed by atoms with Crippen molar-refractivity contribution in [1.82, 2.24) is 29.5 Å². The fourth-order valence-electron chi connectivity index (χ4n) is 3.35. The van der Waals surface area contributed by atoms with E-state index >= 15 is 0 Å². The molecule has 41 heavy (non-hydrogen) atoms. The Labute approximate surface area is 254 Å². The zero-order valence-corrected chi connectivity index (χ0v) is 25.0. The van der Waals surface area contributed by atoms with Crippen LogP contribution in [0.1, 0.15) is 66.9 Å². The van der Waals surface area contributed by atoms with Crippen molar-refractivity contribution in [3.8, 4) is 0 Å². The topological polar surface area (TPSA) is 156 Å². The van der Waals surface area contributed by atoms with Crippen molar-refractivity contribution >= 4 is 62.9 Å². The lowest BCUT2D eigenvalue weighted by molar-refractivity contribution is -0.193. The summed E-state index contributed by atoms with van der Waals surface area (Å²) < 4.78 is 9.57. The third-order valence-electron chi connectivity index (χ3n) is 4.60. The molecular formula is C28H39IN6O6. The van der Waals surface area contributed by atoms with Gasteiger partial charge < -0.3 is 4.74 Å². The number of esters is 1. The van der Waals surface area contributed by atoms with Crippen molar-refractivity contribution in [2.75, 3.05) is 7.11 Å². The van der Waals surface area contributed by atoms with Crippen molar-refractivity contribution in [3.05, 3.63) is 46.1 Å². The quantitative estimate of drug-likeness (QED) is 0.201. The summed E-state index contributed by atoms with van der Waals surface area (Å²) in [5.74, 6) is -0.452. The number of halogens is 1. The zero-order chi connectivity index (χ0) is 29.8. The average molecular weight is 683 g/mol. The van der Waals surface area contributed by atoms with Crippen LogP contribution in [-0.2, 0) is 37.0 Å². The summed E-state index contributed by atoms with van der Waals surface area (Å²) >= 11 is 2.24. The van der Waals surface area contributed by atoms with Crippen molar-refractivity contribution in [2.24, 2.45) is 10.8 Å². The Kier molecular flexibility index (Phi) is 17.1. The van der Waals surface area contributed by atoms with Crippen LogP contribution in [0.25, 0.3) is 22.1 Å². The molecule has 0 amide bonds. The minimum Gasteiger partial charge on any atom is -0.464 e. The van der Waals surface area contributed by atoms with Crippen molar-refractivity contribution in [2.45, 2.75) is 69.5 Å². The molecule has 0 aromatic carbocycles. The van der Waals surface area contributed by atoms with Gasteiger partial charge in [0.2, 0.25) is 0 Å². The number of hydrogen-bond donors (Lipinski definition) is 0. The maximum absolute atomic E-state index is 11.7. The number of hydrogen-bond acceptors (Lipinski definition) is 10. The van der Waals surface area contributed by atoms with E-state index in [-0.39, 0.29) is 43.7 Å². The molecule has 0 aliphatic heterocycles. The smallest absolute Gasteiger partial charge is 0.373 e. The highest BCUT2D eigenvalue weighted by atomic mass is 127. The van der Waals surface area contributed by atoms with Crippen molar-refractivity contribution in [1.29, 1.82) is 0 Å². The standard InChI is InChI=1S/C13H17N3O2.C11H14IN3.2CO2.2CH4/c1-13(2,3)8-16-9-6-5-7-14-10(9)11(15-16)12(17)18-4;1-11(2,3)7-15-8-5-4-6-13-9(8)10(12)14-15;2*2-1-3;;/h5-7H,8H2,1-4H3;4-6H,7H2,1-3H3;;;2*1H4. The fraction of sp³-hybridized carbons (Fsp3) is 0.464. The van der Waals surface area contributed by atoms with Crippen molar-refractivity contribution < 1.29 is 28.7 Å². The molecule has 0 aliphatic carbocycles. The van der Waals surface area contributed by atoms with Gasteiger partial charge in [-0.15, -0.1) is 0 Å². The van der Waals surface area contributed by atoms with Crippen molar-refractivity contribution in [3.63, 3.8) is 0 Å². The normalized spacial score (nSPS) is 10.0. The number of methoxy groups -OCH3 is 1. The molecule has 0 bridgehead atoms. The first-order valence-electron chi connectivity index (χ1n) is 11.6. The van der Waals surface area contributed by atoms with Gasteiger partial charge >= 0.3 is 18.3 Å². The number of carbonyl (C=O) groups excluding carboxylic acids is 5. The van der Waals surface area contributed by atoms with Crippen LogP contribution in [-0.4, -0.2) is 54.9 Å². The molecule has 0 saturated heterocycles. The maximum atomic E-state index is 11.7. The number of carbonyl (C=O) groups is 1. The molecule has 0 fully saturated rings. The van der Waals surface area contributed by atoms with Gasteiger partial charge in [0.15, 0.2) is 5.69 Å². The molecule has 0 aliphatic rings. The van der Waals surface area contributed by atoms with E-state index in [4.69, 9.17) is 23.9 Å². The maximum Gasteiger partial charge on any atom is 0.373 e. The predicted octanol–water partition coefficient (Wildman–Crippen LogP) is 5.45. The van der Waals surface area contributed by atoms with E-state index in [1.165, 1.54) is 7.11 Å². The molecule has 4 aromatic rings. The molecule has 0 saturated carbocycles. The number of rotatable bonds is 3. The Bertz CT molecular complexity index is 1440. The minimum absolute atomic E-state index is 0. The fourth-order valence-corrected chi connectivity index (χ4v) is 4.03. The first-order valence-corrected chi connectivity index (χ1v) is 12.7. The van der Waals surface area contributed by atoms with Crippen LogP contribution in [0, 0.1) is 14.5 Å². The molecule has 0 N–H and O–H groups in total. The zero-order valence-electron chi connectivity index (χ0n) is 22.9. The Hall–Kier alpha value is -3.80. The highest BCUT2D eigenvalue weighted by molar-refractivity contribution is 14.1. The molecule has 12 nitrogen and oxygen atoms in total. The van der Waals surface area contributed by atoms with Gasteiger partial charge in [0.25, 0.3) is 0 Å². The van der Waals surface area contributed by atoms with Crippen LogP contribution in [0.3, 0.4) is 0 Å². The van der Waals surface area contributed by atoms with E-state index in [0.717, 1.165) is 26.8 Å². The Balaban J connectivity index is 0. The lowest BCUT2D eigenvalue weighted by Gasteiger charge is -2.18. The number of aromatic nitrogens is 6. The van der Waals surface area contributed by atoms with Gasteiger partial charge in [0.1, 0.15) is 14.7 Å². The van der Waals surface area contributed by atoms with E-state index in [1.54, 1.807) is 6.20 Å². The van der Waals surface area contributed by atoms with Crippen LogP contribution in [0.5, 0.6) is 0 Å². The second-order valence-corrected chi connectivity index (χ2v) is 11.5. The lowest BCUT2D eigenvalue weighted by atomic mass is 9.97. The molecule has 0 spiro atoms. The summed E-state index contributed by atoms with van der Waals surface area (Å²) in [5, 5.41) is 8.84. The number of nitrogens with zero attached hydrogens (tertiary/aromatic N) is 6. The SMILES string of the molecule is C.C.CC(C)(C)Cn1nc(I)c2ncccc21.COC(=O)c1nn(CC(C)(C)C)c2cccnc12.O=C=O.O=C=O. The summed E-state index contributed by atoms with van der Waals surface area (Å²) in [6.45, 7) is 14.6. The summed E-state index contributed by atoms with van der Waals surface area (Å²) in [7, 11) is 1.35. The molecule has 224 valence electrons. The van der Waals surface area contributed by atoms with Crippen LogP contribution < -0.4 is 0 Å². The minimum atomic E-state index is -0.452. The average Bonchev–Trinajstić information content (AvgIpc) is 3.36. The third-order valence-corrected chi connectivity index (χ3v) is 5.33. The van der Waals surface area contributed by atoms with Gasteiger partial charge in [-0.1, -0.05) is 56.4 Å². The Morgan fingerprint density at radius 2 is 1.20 bits per heavy atom. The molecule has 4 heterocycles. The van der Waals surface area contributed by atoms with Gasteiger partial charge in [-0.25, -0.2) is 4.79 Å². The molecule has 0 unspecified atom stereocenters. The molecule has 4 rings (SSSR count). The van der Waals surface area contributed by atoms with Gasteiger partial charge in [-0.3, -0.25) is 19.3 Å². The van der Waals surface area contributed by atoms with Gasteiger partial charge in [-0.2, -0.15) is 29.4 Å². The highest BCUT2D eigenvalue weighted by Gasteiger charge is 2.21. The van der Waals surface area contributed by atoms with E-state index < -0.39 is 5.97 Å². The summed E-state index contributed by atoms with van der Waals surface area (Å²) in [6, 6.07) is 7.78. The van der Waals surface area contributed by atoms with E-state index in [0.29, 0.717) is 12.1 Å². The lowest BCUT2D eigenvalue weighted by Crippen LogP contribution is -2.17. The van der Waals surface area contributed by atoms with Gasteiger partial charge in [0.05, 0.1) is 18.1 Å². The first-order chi connectivity index (χ1) is 18.2. The third kappa shape index (κ3) is 12.5. The van der Waals surface area contributed by atoms with Gasteiger partial charge in [-0.05, 0) is 57.7 Å². The summed E-state index contributed by atoms with van der Waals surface area (Å²) in [6.07, 6.45) is 3.96. The number of fused-ring (bicyclic) bond motifs is 2. The Morgan fingerprint density at radius 1 is 0.805 bits per heavy atom. The monoisotopic (exact) mass is 682 g/mol. The second kappa shape index (κ2) is 17.8. The molecule has 13 heteroatoms. The summed E-state index contributed by atoms with van der Waals surface area (Å²) in [4.78, 5) is 52.7. The van der Waals surface area contributed by atoms with Gasteiger partial charge in [0, 0.05) is 25.5 Å².